The third kappa shape index (κ3) is 6.26. The molecule has 1 saturated carbocycles. The molecule has 1 aliphatic carbocycles. The zero-order chi connectivity index (χ0) is 23.7. The zero-order valence-corrected chi connectivity index (χ0v) is 19.9. The van der Waals surface area contributed by atoms with Crippen LogP contribution in [-0.4, -0.2) is 35.0 Å². The molecule has 0 bridgehead atoms. The number of halogens is 4. The summed E-state index contributed by atoms with van der Waals surface area (Å²) in [4.78, 5) is 0. The first-order valence-corrected chi connectivity index (χ1v) is 11.9. The molecule has 0 amide bonds. The highest BCUT2D eigenvalue weighted by Crippen LogP contribution is 2.37. The van der Waals surface area contributed by atoms with Crippen molar-refractivity contribution < 1.29 is 21.8 Å². The fourth-order valence-corrected chi connectivity index (χ4v) is 4.77. The molecular formula is C23H33F4N3OS. The van der Waals surface area contributed by atoms with Gasteiger partial charge in [0.25, 0.3) is 0 Å². The molecule has 2 aromatic rings. The Kier molecular flexibility index (Phi) is 11.0. The maximum absolute atomic E-state index is 14.1. The van der Waals surface area contributed by atoms with E-state index in [1.807, 2.05) is 27.8 Å². The Morgan fingerprint density at radius 2 is 1.78 bits per heavy atom. The lowest BCUT2D eigenvalue weighted by Crippen LogP contribution is -2.38. The van der Waals surface area contributed by atoms with Gasteiger partial charge in [0.1, 0.15) is 5.82 Å². The van der Waals surface area contributed by atoms with E-state index in [1.165, 1.54) is 4.09 Å². The molecule has 1 heterocycles. The van der Waals surface area contributed by atoms with Crippen LogP contribution in [0.4, 0.5) is 17.1 Å². The average molecular weight is 476 g/mol. The van der Waals surface area contributed by atoms with Crippen LogP contribution < -0.4 is 5.32 Å². The quantitative estimate of drug-likeness (QED) is 0.331. The molecule has 9 heteroatoms. The van der Waals surface area contributed by atoms with Gasteiger partial charge >= 0.3 is 0 Å². The maximum atomic E-state index is 14.1. The van der Waals surface area contributed by atoms with Gasteiger partial charge in [0.05, 0.1) is 24.6 Å². The highest BCUT2D eigenvalue weighted by molar-refractivity contribution is 7.92. The van der Waals surface area contributed by atoms with Gasteiger partial charge in [-0.1, -0.05) is 20.8 Å². The minimum Gasteiger partial charge on any atom is -0.377 e. The molecule has 1 aliphatic rings. The predicted molar refractivity (Wildman–Crippen MR) is 121 cm³/mol. The number of rotatable bonds is 9. The van der Waals surface area contributed by atoms with E-state index in [0.29, 0.717) is 32.3 Å². The Morgan fingerprint density at radius 3 is 2.38 bits per heavy atom. The first-order chi connectivity index (χ1) is 15.5. The van der Waals surface area contributed by atoms with Gasteiger partial charge in [-0.2, -0.15) is 9.19 Å². The van der Waals surface area contributed by atoms with E-state index in [2.05, 4.69) is 10.4 Å². The molecule has 1 aromatic heterocycles. The number of benzene rings is 1. The first kappa shape index (κ1) is 26.7. The number of likely N-dealkylation sites (N-methyl/N-ethyl adjacent to an activating group) is 1. The van der Waals surface area contributed by atoms with Crippen LogP contribution in [0.3, 0.4) is 0 Å². The molecule has 0 aliphatic heterocycles. The predicted octanol–water partition coefficient (Wildman–Crippen LogP) is 6.53. The van der Waals surface area contributed by atoms with Crippen molar-refractivity contribution in [3.05, 3.63) is 53.1 Å². The van der Waals surface area contributed by atoms with E-state index in [0.717, 1.165) is 24.2 Å². The van der Waals surface area contributed by atoms with Crippen LogP contribution in [0.15, 0.2) is 24.4 Å². The molecular weight excluding hydrogens is 442 g/mol. The van der Waals surface area contributed by atoms with Crippen molar-refractivity contribution in [2.45, 2.75) is 76.9 Å². The van der Waals surface area contributed by atoms with E-state index >= 15 is 0 Å². The fraction of sp³-hybridized carbons (Fsp3) is 0.609. The molecule has 0 spiro atoms. The first-order valence-electron chi connectivity index (χ1n) is 11.2. The Labute approximate surface area is 192 Å². The molecule has 2 atom stereocenters. The van der Waals surface area contributed by atoms with Crippen LogP contribution in [0.1, 0.15) is 76.0 Å². The lowest BCUT2D eigenvalue weighted by atomic mass is 9.82. The lowest BCUT2D eigenvalue weighted by Gasteiger charge is -2.32. The van der Waals surface area contributed by atoms with Crippen molar-refractivity contribution in [1.29, 1.82) is 0 Å². The van der Waals surface area contributed by atoms with Crippen LogP contribution in [0, 0.1) is 17.5 Å². The standard InChI is InChI=1S/C21H27F4N3OS.C2H6/c1-3-15(19-10-11-27-28(19)30-25)18(26-2)12-29-14-6-4-13(5-7-14)20-16(22)8-9-17(23)21(20)24;1-2/h8-11,13-15,18,26H,3-7,12H2,1-2H3;1-2H3. The number of nitrogens with one attached hydrogen (secondary N) is 1. The number of hydrogen-bond acceptors (Lipinski definition) is 4. The molecule has 1 N–H and O–H groups in total. The lowest BCUT2D eigenvalue weighted by molar-refractivity contribution is 0.00893. The van der Waals surface area contributed by atoms with Crippen molar-refractivity contribution in [2.24, 2.45) is 0 Å². The molecule has 2 unspecified atom stereocenters. The Bertz CT molecular complexity index is 828. The van der Waals surface area contributed by atoms with Crippen LogP contribution in [0.2, 0.25) is 0 Å². The van der Waals surface area contributed by atoms with Crippen LogP contribution in [-0.2, 0) is 4.74 Å². The van der Waals surface area contributed by atoms with Crippen molar-refractivity contribution in [1.82, 2.24) is 14.5 Å². The summed E-state index contributed by atoms with van der Waals surface area (Å²) < 4.78 is 62.1. The second-order valence-electron chi connectivity index (χ2n) is 7.67. The minimum atomic E-state index is -1.08. The summed E-state index contributed by atoms with van der Waals surface area (Å²) in [6.45, 7) is 6.46. The summed E-state index contributed by atoms with van der Waals surface area (Å²) in [6.07, 6.45) is 4.69. The van der Waals surface area contributed by atoms with Gasteiger partial charge in [-0.3, -0.25) is 0 Å². The van der Waals surface area contributed by atoms with Crippen molar-refractivity contribution >= 4 is 12.3 Å². The van der Waals surface area contributed by atoms with E-state index in [4.69, 9.17) is 4.74 Å². The highest BCUT2D eigenvalue weighted by Gasteiger charge is 2.30. The molecule has 180 valence electrons. The highest BCUT2D eigenvalue weighted by atomic mass is 32.2. The normalized spacial score (nSPS) is 20.4. The number of hydrogen-bond donors (Lipinski definition) is 1. The van der Waals surface area contributed by atoms with E-state index in [9.17, 15) is 17.1 Å². The molecule has 0 radical (unpaired) electrons. The van der Waals surface area contributed by atoms with Crippen molar-refractivity contribution in [3.8, 4) is 0 Å². The van der Waals surface area contributed by atoms with Gasteiger partial charge in [-0.25, -0.2) is 13.2 Å². The summed E-state index contributed by atoms with van der Waals surface area (Å²) in [6, 6.07) is 3.57. The minimum absolute atomic E-state index is 0.0209. The van der Waals surface area contributed by atoms with E-state index in [1.54, 1.807) is 12.3 Å². The second kappa shape index (κ2) is 13.2. The van der Waals surface area contributed by atoms with E-state index in [-0.39, 0.29) is 41.9 Å². The third-order valence-corrected chi connectivity index (χ3v) is 6.49. The SMILES string of the molecule is CC.CCC(c1ccnn1SF)C(COC1CCC(c2c(F)ccc(F)c2F)CC1)NC. The van der Waals surface area contributed by atoms with Gasteiger partial charge in [0.15, 0.2) is 24.0 Å². The van der Waals surface area contributed by atoms with Crippen LogP contribution >= 0.6 is 12.3 Å². The summed E-state index contributed by atoms with van der Waals surface area (Å²) in [5.74, 6) is -3.12. The monoisotopic (exact) mass is 475 g/mol. The molecule has 0 saturated heterocycles. The van der Waals surface area contributed by atoms with Crippen LogP contribution in [0.5, 0.6) is 0 Å². The largest absolute Gasteiger partial charge is 0.377 e. The summed E-state index contributed by atoms with van der Waals surface area (Å²) in [5.41, 5.74) is 0.637. The molecule has 4 nitrogen and oxygen atoms in total. The molecule has 1 fully saturated rings. The Hall–Kier alpha value is -1.58. The average Bonchev–Trinajstić information content (AvgIpc) is 3.30. The number of nitrogens with zero attached hydrogens (tertiary/aromatic N) is 2. The Balaban J connectivity index is 0.00000176. The van der Waals surface area contributed by atoms with Gasteiger partial charge in [-0.05, 0) is 63.3 Å². The number of aromatic nitrogens is 2. The fourth-order valence-electron chi connectivity index (χ4n) is 4.40. The molecule has 1 aromatic carbocycles. The number of ether oxygens (including phenoxy) is 1. The second-order valence-corrected chi connectivity index (χ2v) is 8.16. The summed E-state index contributed by atoms with van der Waals surface area (Å²) >= 11 is 0.0702. The summed E-state index contributed by atoms with van der Waals surface area (Å²) in [5, 5.41) is 7.23. The van der Waals surface area contributed by atoms with Gasteiger partial charge in [-0.15, -0.1) is 3.89 Å². The topological polar surface area (TPSA) is 39.1 Å². The zero-order valence-electron chi connectivity index (χ0n) is 19.1. The van der Waals surface area contributed by atoms with Gasteiger partial charge in [0.2, 0.25) is 0 Å². The van der Waals surface area contributed by atoms with Crippen LogP contribution in [0.25, 0.3) is 0 Å². The smallest absolute Gasteiger partial charge is 0.187 e. The van der Waals surface area contributed by atoms with Crippen molar-refractivity contribution in [3.63, 3.8) is 0 Å². The Morgan fingerprint density at radius 1 is 1.12 bits per heavy atom. The maximum Gasteiger partial charge on any atom is 0.187 e. The molecule has 3 rings (SSSR count). The van der Waals surface area contributed by atoms with Gasteiger partial charge in [0, 0.05) is 17.5 Å². The molecule has 32 heavy (non-hydrogen) atoms. The van der Waals surface area contributed by atoms with Crippen molar-refractivity contribution in [2.75, 3.05) is 13.7 Å². The van der Waals surface area contributed by atoms with Gasteiger partial charge < -0.3 is 10.1 Å². The summed E-state index contributed by atoms with van der Waals surface area (Å²) in [7, 11) is 1.84. The third-order valence-electron chi connectivity index (χ3n) is 6.05. The van der Waals surface area contributed by atoms with E-state index < -0.39 is 17.5 Å².